The van der Waals surface area contributed by atoms with E-state index in [1.54, 1.807) is 6.07 Å². The highest BCUT2D eigenvalue weighted by Gasteiger charge is 2.42. The summed E-state index contributed by atoms with van der Waals surface area (Å²) >= 11 is 6.31. The predicted molar refractivity (Wildman–Crippen MR) is 119 cm³/mol. The number of nitrogens with zero attached hydrogens (tertiary/aromatic N) is 3. The molecule has 2 aromatic carbocycles. The van der Waals surface area contributed by atoms with Crippen LogP contribution in [0.15, 0.2) is 54.2 Å². The molecular formula is C24H26ClN3O2. The number of rotatable bonds is 5. The van der Waals surface area contributed by atoms with Gasteiger partial charge in [-0.25, -0.2) is 0 Å². The topological polar surface area (TPSA) is 43.9 Å². The van der Waals surface area contributed by atoms with E-state index in [2.05, 4.69) is 16.7 Å². The van der Waals surface area contributed by atoms with Crippen LogP contribution in [0.5, 0.6) is 0 Å². The van der Waals surface area contributed by atoms with Gasteiger partial charge in [0.25, 0.3) is 11.8 Å². The van der Waals surface area contributed by atoms with Gasteiger partial charge in [0.05, 0.1) is 12.1 Å². The lowest BCUT2D eigenvalue weighted by atomic mass is 10.0. The zero-order chi connectivity index (χ0) is 21.3. The predicted octanol–water partition coefficient (Wildman–Crippen LogP) is 3.57. The first-order valence-electron chi connectivity index (χ1n) is 10.4. The highest BCUT2D eigenvalue weighted by Crippen LogP contribution is 2.34. The van der Waals surface area contributed by atoms with E-state index in [0.717, 1.165) is 49.4 Å². The lowest BCUT2D eigenvalue weighted by molar-refractivity contribution is -0.138. The number of imide groups is 1. The van der Waals surface area contributed by atoms with Crippen molar-refractivity contribution < 1.29 is 9.59 Å². The van der Waals surface area contributed by atoms with Gasteiger partial charge in [0, 0.05) is 31.2 Å². The molecule has 2 amide bonds. The van der Waals surface area contributed by atoms with Crippen LogP contribution >= 0.6 is 11.6 Å². The van der Waals surface area contributed by atoms with E-state index in [9.17, 15) is 9.59 Å². The number of carbonyl (C=O) groups is 2. The standard InChI is InChI=1S/C24H26ClN3O2/c1-3-26-12-14-27(15-13-26)22-21(18-10-8-17(2)9-11-18)23(29)28(24(22)30)16-19-6-4-5-7-20(19)25/h4-11H,3,12-16H2,1-2H3. The molecule has 1 fully saturated rings. The molecule has 2 aliphatic heterocycles. The molecule has 0 spiro atoms. The van der Waals surface area contributed by atoms with Crippen LogP contribution in [0.4, 0.5) is 0 Å². The number of carbonyl (C=O) groups excluding carboxylic acids is 2. The first kappa shape index (κ1) is 20.6. The molecule has 6 heteroatoms. The fourth-order valence-corrected chi connectivity index (χ4v) is 4.26. The Morgan fingerprint density at radius 3 is 2.20 bits per heavy atom. The van der Waals surface area contributed by atoms with E-state index < -0.39 is 0 Å². The molecule has 2 aliphatic rings. The second-order valence-electron chi connectivity index (χ2n) is 7.80. The highest BCUT2D eigenvalue weighted by molar-refractivity contribution is 6.35. The van der Waals surface area contributed by atoms with Gasteiger partial charge in [-0.15, -0.1) is 0 Å². The quantitative estimate of drug-likeness (QED) is 0.690. The molecule has 5 nitrogen and oxygen atoms in total. The third-order valence-corrected chi connectivity index (χ3v) is 6.27. The molecule has 1 saturated heterocycles. The molecule has 2 aromatic rings. The van der Waals surface area contributed by atoms with Gasteiger partial charge in [0.1, 0.15) is 5.70 Å². The van der Waals surface area contributed by atoms with Crippen molar-refractivity contribution in [3.63, 3.8) is 0 Å². The van der Waals surface area contributed by atoms with E-state index in [-0.39, 0.29) is 18.4 Å². The maximum Gasteiger partial charge on any atom is 0.278 e. The lowest BCUT2D eigenvalue weighted by Crippen LogP contribution is -2.47. The van der Waals surface area contributed by atoms with Gasteiger partial charge >= 0.3 is 0 Å². The first-order valence-corrected chi connectivity index (χ1v) is 10.8. The summed E-state index contributed by atoms with van der Waals surface area (Å²) in [5.41, 5.74) is 3.68. The van der Waals surface area contributed by atoms with Crippen LogP contribution in [-0.2, 0) is 16.1 Å². The van der Waals surface area contributed by atoms with E-state index in [0.29, 0.717) is 16.3 Å². The van der Waals surface area contributed by atoms with Gasteiger partial charge in [-0.2, -0.15) is 0 Å². The Hall–Kier alpha value is -2.63. The second-order valence-corrected chi connectivity index (χ2v) is 8.21. The fraction of sp³-hybridized carbons (Fsp3) is 0.333. The van der Waals surface area contributed by atoms with E-state index >= 15 is 0 Å². The summed E-state index contributed by atoms with van der Waals surface area (Å²) in [5.74, 6) is -0.489. The van der Waals surface area contributed by atoms with Crippen LogP contribution in [0, 0.1) is 6.92 Å². The SMILES string of the molecule is CCN1CCN(C2=C(c3ccc(C)cc3)C(=O)N(Cc3ccccc3Cl)C2=O)CC1. The van der Waals surface area contributed by atoms with E-state index in [1.807, 2.05) is 49.4 Å². The van der Waals surface area contributed by atoms with Gasteiger partial charge < -0.3 is 9.80 Å². The summed E-state index contributed by atoms with van der Waals surface area (Å²) in [6.45, 7) is 8.54. The number of hydrogen-bond acceptors (Lipinski definition) is 4. The molecule has 2 heterocycles. The Bertz CT molecular complexity index is 992. The van der Waals surface area contributed by atoms with Crippen LogP contribution in [0.1, 0.15) is 23.6 Å². The van der Waals surface area contributed by atoms with Crippen molar-refractivity contribution in [3.8, 4) is 0 Å². The Morgan fingerprint density at radius 1 is 0.900 bits per heavy atom. The third kappa shape index (κ3) is 3.87. The van der Waals surface area contributed by atoms with Gasteiger partial charge in [0.15, 0.2) is 0 Å². The molecule has 0 aliphatic carbocycles. The zero-order valence-corrected chi connectivity index (χ0v) is 18.2. The fourth-order valence-electron chi connectivity index (χ4n) is 4.07. The van der Waals surface area contributed by atoms with Gasteiger partial charge in [-0.3, -0.25) is 14.5 Å². The van der Waals surface area contributed by atoms with Gasteiger partial charge in [-0.1, -0.05) is 66.6 Å². The van der Waals surface area contributed by atoms with E-state index in [4.69, 9.17) is 11.6 Å². The number of hydrogen-bond donors (Lipinski definition) is 0. The van der Waals surface area contributed by atoms with Crippen molar-refractivity contribution in [1.29, 1.82) is 0 Å². The molecular weight excluding hydrogens is 398 g/mol. The number of halogens is 1. The summed E-state index contributed by atoms with van der Waals surface area (Å²) in [4.78, 5) is 32.7. The van der Waals surface area contributed by atoms with Crippen LogP contribution in [-0.4, -0.2) is 59.2 Å². The van der Waals surface area contributed by atoms with Crippen molar-refractivity contribution in [2.45, 2.75) is 20.4 Å². The molecule has 30 heavy (non-hydrogen) atoms. The molecule has 4 rings (SSSR count). The summed E-state index contributed by atoms with van der Waals surface area (Å²) < 4.78 is 0. The summed E-state index contributed by atoms with van der Waals surface area (Å²) in [7, 11) is 0. The van der Waals surface area contributed by atoms with Crippen molar-refractivity contribution in [1.82, 2.24) is 14.7 Å². The minimum atomic E-state index is -0.253. The average molecular weight is 424 g/mol. The molecule has 0 radical (unpaired) electrons. The number of piperazine rings is 1. The Kier molecular flexibility index (Phi) is 5.93. The molecule has 0 aromatic heterocycles. The molecule has 0 atom stereocenters. The number of aryl methyl sites for hydroxylation is 1. The van der Waals surface area contributed by atoms with Crippen LogP contribution < -0.4 is 0 Å². The Morgan fingerprint density at radius 2 is 1.57 bits per heavy atom. The maximum atomic E-state index is 13.5. The molecule has 0 unspecified atom stereocenters. The summed E-state index contributed by atoms with van der Waals surface area (Å²) in [6, 6.07) is 15.1. The monoisotopic (exact) mass is 423 g/mol. The van der Waals surface area contributed by atoms with Gasteiger partial charge in [0.2, 0.25) is 0 Å². The Balaban J connectivity index is 1.71. The van der Waals surface area contributed by atoms with Crippen LogP contribution in [0.2, 0.25) is 5.02 Å². The maximum absolute atomic E-state index is 13.5. The van der Waals surface area contributed by atoms with Gasteiger partial charge in [-0.05, 0) is 30.7 Å². The van der Waals surface area contributed by atoms with Crippen molar-refractivity contribution >= 4 is 29.0 Å². The summed E-state index contributed by atoms with van der Waals surface area (Å²) in [6.07, 6.45) is 0. The molecule has 0 saturated carbocycles. The molecule has 156 valence electrons. The minimum absolute atomic E-state index is 0.172. The average Bonchev–Trinajstić information content (AvgIpc) is 3.00. The molecule has 0 bridgehead atoms. The third-order valence-electron chi connectivity index (χ3n) is 5.91. The lowest BCUT2D eigenvalue weighted by Gasteiger charge is -2.36. The number of benzene rings is 2. The van der Waals surface area contributed by atoms with Crippen LogP contribution in [0.25, 0.3) is 5.57 Å². The largest absolute Gasteiger partial charge is 0.364 e. The minimum Gasteiger partial charge on any atom is -0.364 e. The van der Waals surface area contributed by atoms with Crippen molar-refractivity contribution in [2.75, 3.05) is 32.7 Å². The van der Waals surface area contributed by atoms with Crippen molar-refractivity contribution in [2.24, 2.45) is 0 Å². The van der Waals surface area contributed by atoms with Crippen LogP contribution in [0.3, 0.4) is 0 Å². The second kappa shape index (κ2) is 8.62. The molecule has 0 N–H and O–H groups in total. The highest BCUT2D eigenvalue weighted by atomic mass is 35.5. The van der Waals surface area contributed by atoms with Crippen molar-refractivity contribution in [3.05, 3.63) is 75.9 Å². The smallest absolute Gasteiger partial charge is 0.278 e. The normalized spacial score (nSPS) is 18.0. The number of amides is 2. The zero-order valence-electron chi connectivity index (χ0n) is 17.4. The Labute approximate surface area is 182 Å². The summed E-state index contributed by atoms with van der Waals surface area (Å²) in [5, 5.41) is 0.556. The van der Waals surface area contributed by atoms with E-state index in [1.165, 1.54) is 4.90 Å². The first-order chi connectivity index (χ1) is 14.5. The number of likely N-dealkylation sites (N-methyl/N-ethyl adjacent to an activating group) is 1.